The van der Waals surface area contributed by atoms with E-state index < -0.39 is 0 Å². The number of cyclic esters (lactones) is 1. The Morgan fingerprint density at radius 2 is 1.83 bits per heavy atom. The van der Waals surface area contributed by atoms with Crippen LogP contribution in [0, 0.1) is 5.92 Å². The van der Waals surface area contributed by atoms with Crippen molar-refractivity contribution < 1.29 is 19.0 Å². The summed E-state index contributed by atoms with van der Waals surface area (Å²) in [6.45, 7) is 7.84. The van der Waals surface area contributed by atoms with Gasteiger partial charge in [-0.05, 0) is 36.6 Å². The van der Waals surface area contributed by atoms with Gasteiger partial charge in [-0.3, -0.25) is 4.79 Å². The summed E-state index contributed by atoms with van der Waals surface area (Å²) in [7, 11) is 1.68. The lowest BCUT2D eigenvalue weighted by molar-refractivity contribution is -0.156. The van der Waals surface area contributed by atoms with Crippen LogP contribution in [0.3, 0.4) is 0 Å². The van der Waals surface area contributed by atoms with Gasteiger partial charge in [0, 0.05) is 18.5 Å². The van der Waals surface area contributed by atoms with Gasteiger partial charge in [-0.15, -0.1) is 11.6 Å². The second-order valence-corrected chi connectivity index (χ2v) is 7.43. The Balaban J connectivity index is 0.000000297. The van der Waals surface area contributed by atoms with E-state index in [4.69, 9.17) is 21.1 Å². The summed E-state index contributed by atoms with van der Waals surface area (Å²) in [6.07, 6.45) is 0.652. The SMILES string of the molecule is C=C1OC(=O)C1CCCl.COc1ccc(CN[C@H](C)COCc2ccccc2)cc1. The summed E-state index contributed by atoms with van der Waals surface area (Å²) in [5.41, 5.74) is 2.45. The van der Waals surface area contributed by atoms with Gasteiger partial charge in [-0.2, -0.15) is 0 Å². The molecule has 2 atom stereocenters. The van der Waals surface area contributed by atoms with Crippen LogP contribution in [-0.4, -0.2) is 31.6 Å². The third-order valence-electron chi connectivity index (χ3n) is 4.60. The van der Waals surface area contributed by atoms with E-state index in [-0.39, 0.29) is 11.9 Å². The number of esters is 1. The van der Waals surface area contributed by atoms with E-state index >= 15 is 0 Å². The molecule has 1 unspecified atom stereocenters. The predicted molar refractivity (Wildman–Crippen MR) is 119 cm³/mol. The Bertz CT molecular complexity index is 766. The highest BCUT2D eigenvalue weighted by molar-refractivity contribution is 6.18. The van der Waals surface area contributed by atoms with E-state index in [1.807, 2.05) is 30.3 Å². The normalized spacial score (nSPS) is 16.0. The lowest BCUT2D eigenvalue weighted by Gasteiger charge is -2.25. The van der Waals surface area contributed by atoms with Crippen LogP contribution in [0.25, 0.3) is 0 Å². The Morgan fingerprint density at radius 3 is 2.37 bits per heavy atom. The fraction of sp³-hybridized carbons (Fsp3) is 0.375. The molecule has 0 spiro atoms. The maximum absolute atomic E-state index is 10.5. The summed E-state index contributed by atoms with van der Waals surface area (Å²) in [4.78, 5) is 10.5. The molecular formula is C24H30ClNO4. The first kappa shape index (κ1) is 23.9. The van der Waals surface area contributed by atoms with Gasteiger partial charge in [0.25, 0.3) is 0 Å². The number of hydrogen-bond acceptors (Lipinski definition) is 5. The minimum Gasteiger partial charge on any atom is -0.497 e. The number of rotatable bonds is 10. The molecule has 1 heterocycles. The fourth-order valence-corrected chi connectivity index (χ4v) is 2.97. The molecule has 1 saturated heterocycles. The minimum absolute atomic E-state index is 0.123. The lowest BCUT2D eigenvalue weighted by atomic mass is 10.0. The number of methoxy groups -OCH3 is 1. The van der Waals surface area contributed by atoms with Crippen LogP contribution in [0.15, 0.2) is 66.9 Å². The Hall–Kier alpha value is -2.34. The standard InChI is InChI=1S/C18H23NO2.C6H7ClO2/c1-15(13-21-14-17-6-4-3-5-7-17)19-12-16-8-10-18(20-2)11-9-16;1-4-5(2-3-7)6(8)9-4/h3-11,15,19H,12-14H2,1-2H3;5H,1-3H2/t15-;/m1./s1. The number of alkyl halides is 1. The summed E-state index contributed by atoms with van der Waals surface area (Å²) in [5, 5.41) is 3.46. The van der Waals surface area contributed by atoms with Crippen molar-refractivity contribution in [1.82, 2.24) is 5.32 Å². The molecule has 6 heteroatoms. The maximum Gasteiger partial charge on any atom is 0.321 e. The molecule has 0 amide bonds. The molecule has 1 aliphatic rings. The highest BCUT2D eigenvalue weighted by atomic mass is 35.5. The highest BCUT2D eigenvalue weighted by Crippen LogP contribution is 2.27. The van der Waals surface area contributed by atoms with Crippen molar-refractivity contribution in [3.05, 3.63) is 78.1 Å². The van der Waals surface area contributed by atoms with Gasteiger partial charge in [0.2, 0.25) is 0 Å². The number of hydrogen-bond donors (Lipinski definition) is 1. The molecular weight excluding hydrogens is 402 g/mol. The summed E-state index contributed by atoms with van der Waals surface area (Å²) >= 11 is 5.39. The number of halogens is 1. The van der Waals surface area contributed by atoms with E-state index in [2.05, 4.69) is 47.8 Å². The molecule has 5 nitrogen and oxygen atoms in total. The summed E-state index contributed by atoms with van der Waals surface area (Å²) in [6, 6.07) is 18.7. The first-order valence-corrected chi connectivity index (χ1v) is 10.5. The van der Waals surface area contributed by atoms with Gasteiger partial charge in [-0.1, -0.05) is 49.0 Å². The molecule has 1 fully saturated rings. The van der Waals surface area contributed by atoms with E-state index in [0.717, 1.165) is 12.3 Å². The van der Waals surface area contributed by atoms with Crippen molar-refractivity contribution in [2.75, 3.05) is 19.6 Å². The molecule has 0 saturated carbocycles. The molecule has 0 aliphatic carbocycles. The van der Waals surface area contributed by atoms with Gasteiger partial charge in [-0.25, -0.2) is 0 Å². The average molecular weight is 432 g/mol. The molecule has 3 rings (SSSR count). The van der Waals surface area contributed by atoms with Crippen molar-refractivity contribution in [1.29, 1.82) is 0 Å². The van der Waals surface area contributed by atoms with Crippen molar-refractivity contribution in [2.45, 2.75) is 32.5 Å². The number of carbonyl (C=O) groups excluding carboxylic acids is 1. The first-order chi connectivity index (χ1) is 14.5. The second-order valence-electron chi connectivity index (χ2n) is 7.05. The molecule has 162 valence electrons. The lowest BCUT2D eigenvalue weighted by Crippen LogP contribution is -2.31. The molecule has 2 aromatic rings. The highest BCUT2D eigenvalue weighted by Gasteiger charge is 2.34. The van der Waals surface area contributed by atoms with Crippen LogP contribution >= 0.6 is 11.6 Å². The van der Waals surface area contributed by atoms with Crippen molar-refractivity contribution in [3.63, 3.8) is 0 Å². The molecule has 2 aromatic carbocycles. The average Bonchev–Trinajstić information content (AvgIpc) is 2.78. The van der Waals surface area contributed by atoms with Gasteiger partial charge in [0.05, 0.1) is 20.3 Å². The summed E-state index contributed by atoms with van der Waals surface area (Å²) < 4.78 is 15.4. The minimum atomic E-state index is -0.194. The van der Waals surface area contributed by atoms with Crippen LogP contribution in [0.2, 0.25) is 0 Å². The summed E-state index contributed by atoms with van der Waals surface area (Å²) in [5.74, 6) is 1.61. The Labute approximate surface area is 184 Å². The van der Waals surface area contributed by atoms with E-state index in [1.54, 1.807) is 7.11 Å². The smallest absolute Gasteiger partial charge is 0.321 e. The zero-order valence-electron chi connectivity index (χ0n) is 17.6. The van der Waals surface area contributed by atoms with Crippen molar-refractivity contribution in [3.8, 4) is 5.75 Å². The van der Waals surface area contributed by atoms with Crippen LogP contribution in [0.1, 0.15) is 24.5 Å². The van der Waals surface area contributed by atoms with Gasteiger partial charge < -0.3 is 19.5 Å². The number of nitrogens with one attached hydrogen (secondary N) is 1. The number of carbonyl (C=O) groups is 1. The number of ether oxygens (including phenoxy) is 3. The Kier molecular flexibility index (Phi) is 10.4. The van der Waals surface area contributed by atoms with Crippen molar-refractivity contribution >= 4 is 17.6 Å². The van der Waals surface area contributed by atoms with Crippen LogP contribution in [-0.2, 0) is 27.4 Å². The fourth-order valence-electron chi connectivity index (χ4n) is 2.75. The third kappa shape index (κ3) is 8.19. The zero-order chi connectivity index (χ0) is 21.8. The first-order valence-electron chi connectivity index (χ1n) is 9.98. The van der Waals surface area contributed by atoms with Gasteiger partial charge in [0.1, 0.15) is 17.4 Å². The van der Waals surface area contributed by atoms with Crippen LogP contribution in [0.4, 0.5) is 0 Å². The molecule has 0 radical (unpaired) electrons. The topological polar surface area (TPSA) is 56.8 Å². The molecule has 1 N–H and O–H groups in total. The Morgan fingerprint density at radius 1 is 1.13 bits per heavy atom. The van der Waals surface area contributed by atoms with Crippen molar-refractivity contribution in [2.24, 2.45) is 5.92 Å². The second kappa shape index (κ2) is 13.1. The molecule has 0 bridgehead atoms. The number of benzene rings is 2. The van der Waals surface area contributed by atoms with Crippen LogP contribution in [0.5, 0.6) is 5.75 Å². The van der Waals surface area contributed by atoms with Crippen LogP contribution < -0.4 is 10.1 Å². The zero-order valence-corrected chi connectivity index (χ0v) is 18.4. The molecule has 1 aliphatic heterocycles. The monoisotopic (exact) mass is 431 g/mol. The van der Waals surface area contributed by atoms with Gasteiger partial charge >= 0.3 is 5.97 Å². The maximum atomic E-state index is 10.5. The van der Waals surface area contributed by atoms with E-state index in [9.17, 15) is 4.79 Å². The molecule has 30 heavy (non-hydrogen) atoms. The third-order valence-corrected chi connectivity index (χ3v) is 4.81. The predicted octanol–water partition coefficient (Wildman–Crippen LogP) is 4.69. The van der Waals surface area contributed by atoms with E-state index in [1.165, 1.54) is 11.1 Å². The largest absolute Gasteiger partial charge is 0.497 e. The quantitative estimate of drug-likeness (QED) is 0.436. The molecule has 0 aromatic heterocycles. The van der Waals surface area contributed by atoms with E-state index in [0.29, 0.717) is 37.3 Å². The van der Waals surface area contributed by atoms with Gasteiger partial charge in [0.15, 0.2) is 0 Å².